The second-order valence-corrected chi connectivity index (χ2v) is 7.35. The number of carbonyl (C=O) groups excluding carboxylic acids is 1. The minimum atomic E-state index is -0.359. The highest BCUT2D eigenvalue weighted by Gasteiger charge is 2.39. The van der Waals surface area contributed by atoms with Crippen LogP contribution in [0.2, 0.25) is 0 Å². The van der Waals surface area contributed by atoms with Crippen molar-refractivity contribution in [3.8, 4) is 0 Å². The fourth-order valence-corrected chi connectivity index (χ4v) is 4.25. The molecule has 2 aliphatic rings. The monoisotopic (exact) mass is 346 g/mol. The van der Waals surface area contributed by atoms with Crippen LogP contribution in [0.25, 0.3) is 0 Å². The van der Waals surface area contributed by atoms with Gasteiger partial charge in [-0.15, -0.1) is 0 Å². The lowest BCUT2D eigenvalue weighted by Gasteiger charge is -2.36. The third-order valence-electron chi connectivity index (χ3n) is 5.71. The summed E-state index contributed by atoms with van der Waals surface area (Å²) in [5, 5.41) is 13.4. The van der Waals surface area contributed by atoms with E-state index in [4.69, 9.17) is 4.74 Å². The van der Waals surface area contributed by atoms with Crippen molar-refractivity contribution in [3.05, 3.63) is 34.9 Å². The summed E-state index contributed by atoms with van der Waals surface area (Å²) in [6.45, 7) is 6.81. The summed E-state index contributed by atoms with van der Waals surface area (Å²) in [6.07, 6.45) is 3.11. The predicted octanol–water partition coefficient (Wildman–Crippen LogP) is 2.42. The number of ether oxygens (including phenoxy) is 1. The number of urea groups is 1. The van der Waals surface area contributed by atoms with Crippen molar-refractivity contribution in [1.82, 2.24) is 10.2 Å². The van der Waals surface area contributed by atoms with Crippen molar-refractivity contribution in [2.24, 2.45) is 5.92 Å². The van der Waals surface area contributed by atoms with Crippen LogP contribution in [0, 0.1) is 19.8 Å². The highest BCUT2D eigenvalue weighted by Crippen LogP contribution is 2.29. The number of nitrogens with one attached hydrogen (secondary N) is 1. The van der Waals surface area contributed by atoms with Crippen LogP contribution in [-0.2, 0) is 11.2 Å². The summed E-state index contributed by atoms with van der Waals surface area (Å²) in [5.74, 6) is 0.0422. The van der Waals surface area contributed by atoms with Gasteiger partial charge in [0.05, 0.1) is 12.7 Å². The van der Waals surface area contributed by atoms with Crippen LogP contribution in [0.15, 0.2) is 18.2 Å². The van der Waals surface area contributed by atoms with Gasteiger partial charge in [-0.3, -0.25) is 0 Å². The van der Waals surface area contributed by atoms with Gasteiger partial charge in [0.2, 0.25) is 0 Å². The van der Waals surface area contributed by atoms with Gasteiger partial charge in [-0.1, -0.05) is 18.2 Å². The van der Waals surface area contributed by atoms with Crippen molar-refractivity contribution in [2.45, 2.75) is 51.7 Å². The number of nitrogens with zero attached hydrogens (tertiary/aromatic N) is 1. The van der Waals surface area contributed by atoms with E-state index < -0.39 is 0 Å². The molecule has 0 saturated carbocycles. The first kappa shape index (κ1) is 18.2. The Balaban J connectivity index is 1.55. The second-order valence-electron chi connectivity index (χ2n) is 7.35. The Morgan fingerprint density at radius 2 is 2.08 bits per heavy atom. The van der Waals surface area contributed by atoms with Gasteiger partial charge in [0, 0.05) is 31.7 Å². The van der Waals surface area contributed by atoms with Gasteiger partial charge in [-0.25, -0.2) is 4.79 Å². The number of benzene rings is 1. The summed E-state index contributed by atoms with van der Waals surface area (Å²) in [6, 6.07) is 6.39. The van der Waals surface area contributed by atoms with Gasteiger partial charge in [-0.2, -0.15) is 0 Å². The molecule has 2 heterocycles. The molecule has 5 heteroatoms. The zero-order chi connectivity index (χ0) is 17.8. The largest absolute Gasteiger partial charge is 0.393 e. The number of aliphatic hydroxyl groups excluding tert-OH is 1. The highest BCUT2D eigenvalue weighted by atomic mass is 16.5. The Morgan fingerprint density at radius 3 is 2.80 bits per heavy atom. The molecule has 5 nitrogen and oxygen atoms in total. The van der Waals surface area contributed by atoms with Gasteiger partial charge in [0.1, 0.15) is 0 Å². The number of hydrogen-bond donors (Lipinski definition) is 2. The molecule has 2 fully saturated rings. The molecule has 0 aromatic heterocycles. The summed E-state index contributed by atoms with van der Waals surface area (Å²) in [7, 11) is 0. The molecule has 0 radical (unpaired) electrons. The summed E-state index contributed by atoms with van der Waals surface area (Å²) in [5.41, 5.74) is 3.86. The van der Waals surface area contributed by atoms with Crippen molar-refractivity contribution >= 4 is 6.03 Å². The molecule has 138 valence electrons. The first-order chi connectivity index (χ1) is 12.1. The molecule has 0 aliphatic carbocycles. The molecule has 1 aromatic rings. The molecule has 0 unspecified atom stereocenters. The lowest BCUT2D eigenvalue weighted by atomic mass is 9.89. The van der Waals surface area contributed by atoms with Crippen LogP contribution in [-0.4, -0.2) is 54.5 Å². The Bertz CT molecular complexity index is 584. The molecule has 3 atom stereocenters. The van der Waals surface area contributed by atoms with E-state index >= 15 is 0 Å². The van der Waals surface area contributed by atoms with Gasteiger partial charge in [0.15, 0.2) is 0 Å². The van der Waals surface area contributed by atoms with E-state index in [-0.39, 0.29) is 24.1 Å². The zero-order valence-corrected chi connectivity index (χ0v) is 15.3. The standard InChI is InChI=1S/C20H30N2O3/c1-14-5-3-6-15(2)16(14)8-10-21-20(24)22-11-4-7-18(22)17-13-25-12-9-19(17)23/h3,5-6,17-19,23H,4,7-13H2,1-2H3,(H,21,24)/t17-,18+,19-/m0/s1. The van der Waals surface area contributed by atoms with Crippen LogP contribution < -0.4 is 5.32 Å². The first-order valence-corrected chi connectivity index (χ1v) is 9.43. The average molecular weight is 346 g/mol. The SMILES string of the molecule is Cc1cccc(C)c1CCNC(=O)N1CCC[C@@H]1[C@@H]1COCC[C@@H]1O. The number of rotatable bonds is 4. The van der Waals surface area contributed by atoms with E-state index in [1.165, 1.54) is 16.7 Å². The Labute approximate surface area is 150 Å². The van der Waals surface area contributed by atoms with Crippen LogP contribution in [0.3, 0.4) is 0 Å². The number of likely N-dealkylation sites (tertiary alicyclic amines) is 1. The van der Waals surface area contributed by atoms with E-state index in [1.54, 1.807) is 0 Å². The minimum absolute atomic E-state index is 0.00786. The fraction of sp³-hybridized carbons (Fsp3) is 0.650. The van der Waals surface area contributed by atoms with Gasteiger partial charge in [-0.05, 0) is 56.2 Å². The maximum atomic E-state index is 12.7. The molecule has 2 N–H and O–H groups in total. The van der Waals surface area contributed by atoms with Crippen molar-refractivity contribution < 1.29 is 14.6 Å². The number of aryl methyl sites for hydroxylation is 2. The van der Waals surface area contributed by atoms with Crippen molar-refractivity contribution in [2.75, 3.05) is 26.3 Å². The molecule has 0 bridgehead atoms. The second kappa shape index (κ2) is 8.19. The molecule has 2 aliphatic heterocycles. The van der Waals surface area contributed by atoms with E-state index in [0.29, 0.717) is 26.2 Å². The van der Waals surface area contributed by atoms with E-state index in [0.717, 1.165) is 25.8 Å². The van der Waals surface area contributed by atoms with Gasteiger partial charge < -0.3 is 20.1 Å². The Kier molecular flexibility index (Phi) is 5.97. The number of carbonyl (C=O) groups is 1. The van der Waals surface area contributed by atoms with E-state index in [2.05, 4.69) is 37.4 Å². The summed E-state index contributed by atoms with van der Waals surface area (Å²) in [4.78, 5) is 14.6. The normalized spacial score (nSPS) is 26.7. The maximum Gasteiger partial charge on any atom is 0.317 e. The van der Waals surface area contributed by atoms with Crippen molar-refractivity contribution in [1.29, 1.82) is 0 Å². The van der Waals surface area contributed by atoms with Gasteiger partial charge in [0.25, 0.3) is 0 Å². The van der Waals surface area contributed by atoms with Crippen LogP contribution in [0.4, 0.5) is 4.79 Å². The van der Waals surface area contributed by atoms with E-state index in [9.17, 15) is 9.90 Å². The molecule has 2 saturated heterocycles. The Morgan fingerprint density at radius 1 is 1.32 bits per heavy atom. The van der Waals surface area contributed by atoms with Crippen LogP contribution >= 0.6 is 0 Å². The molecular weight excluding hydrogens is 316 g/mol. The summed E-state index contributed by atoms with van der Waals surface area (Å²) >= 11 is 0. The molecule has 0 spiro atoms. The molecule has 2 amide bonds. The molecule has 3 rings (SSSR count). The molecular formula is C20H30N2O3. The topological polar surface area (TPSA) is 61.8 Å². The third kappa shape index (κ3) is 4.15. The lowest BCUT2D eigenvalue weighted by Crippen LogP contribution is -2.51. The van der Waals surface area contributed by atoms with Crippen LogP contribution in [0.1, 0.15) is 36.0 Å². The van der Waals surface area contributed by atoms with Crippen molar-refractivity contribution in [3.63, 3.8) is 0 Å². The molecule has 25 heavy (non-hydrogen) atoms. The first-order valence-electron chi connectivity index (χ1n) is 9.43. The van der Waals surface area contributed by atoms with E-state index in [1.807, 2.05) is 4.90 Å². The Hall–Kier alpha value is -1.59. The smallest absolute Gasteiger partial charge is 0.317 e. The predicted molar refractivity (Wildman–Crippen MR) is 97.7 cm³/mol. The highest BCUT2D eigenvalue weighted by molar-refractivity contribution is 5.75. The van der Waals surface area contributed by atoms with Gasteiger partial charge >= 0.3 is 6.03 Å². The van der Waals surface area contributed by atoms with Crippen LogP contribution in [0.5, 0.6) is 0 Å². The number of amides is 2. The number of hydrogen-bond acceptors (Lipinski definition) is 3. The zero-order valence-electron chi connectivity index (χ0n) is 15.3. The minimum Gasteiger partial charge on any atom is -0.393 e. The maximum absolute atomic E-state index is 12.7. The third-order valence-corrected chi connectivity index (χ3v) is 5.71. The summed E-state index contributed by atoms with van der Waals surface area (Å²) < 4.78 is 5.54. The fourth-order valence-electron chi connectivity index (χ4n) is 4.25. The molecule has 1 aromatic carbocycles. The average Bonchev–Trinajstić information content (AvgIpc) is 3.07. The lowest BCUT2D eigenvalue weighted by molar-refractivity contribution is -0.0576. The quantitative estimate of drug-likeness (QED) is 0.880. The number of aliphatic hydroxyl groups is 1.